The fourth-order valence-corrected chi connectivity index (χ4v) is 2.68. The first kappa shape index (κ1) is 13.8. The Morgan fingerprint density at radius 1 is 1.37 bits per heavy atom. The number of nitrogens with one attached hydrogen (secondary N) is 1. The average Bonchev–Trinajstić information content (AvgIpc) is 2.89. The lowest BCUT2D eigenvalue weighted by Crippen LogP contribution is -2.28. The Bertz CT molecular complexity index is 537. The Balaban J connectivity index is 1.93. The second kappa shape index (κ2) is 6.50. The largest absolute Gasteiger partial charge is 0.478 e. The van der Waals surface area contributed by atoms with Gasteiger partial charge >= 0.3 is 5.97 Å². The van der Waals surface area contributed by atoms with Crippen molar-refractivity contribution in [3.8, 4) is 0 Å². The van der Waals surface area contributed by atoms with Crippen LogP contribution >= 0.6 is 11.3 Å². The molecule has 1 aromatic heterocycles. The van der Waals surface area contributed by atoms with E-state index >= 15 is 0 Å². The van der Waals surface area contributed by atoms with Crippen LogP contribution in [0.5, 0.6) is 0 Å². The zero-order valence-electron chi connectivity index (χ0n) is 10.8. The summed E-state index contributed by atoms with van der Waals surface area (Å²) in [6, 6.07) is 9.55. The van der Waals surface area contributed by atoms with E-state index in [2.05, 4.69) is 29.1 Å². The molecule has 0 saturated heterocycles. The van der Waals surface area contributed by atoms with Crippen LogP contribution in [-0.4, -0.2) is 17.1 Å². The third kappa shape index (κ3) is 3.91. The molecule has 4 heteroatoms. The van der Waals surface area contributed by atoms with E-state index in [1.165, 1.54) is 5.56 Å². The molecule has 0 amide bonds. The van der Waals surface area contributed by atoms with E-state index in [9.17, 15) is 4.79 Å². The normalized spacial score (nSPS) is 12.3. The van der Waals surface area contributed by atoms with Crippen LogP contribution in [0.4, 0.5) is 0 Å². The van der Waals surface area contributed by atoms with Crippen molar-refractivity contribution in [2.75, 3.05) is 0 Å². The Hall–Kier alpha value is -1.65. The summed E-state index contributed by atoms with van der Waals surface area (Å²) in [6.45, 7) is 2.69. The van der Waals surface area contributed by atoms with Crippen LogP contribution in [0.1, 0.15) is 28.4 Å². The maximum atomic E-state index is 11.1. The second-order valence-electron chi connectivity index (χ2n) is 4.58. The van der Waals surface area contributed by atoms with E-state index in [-0.39, 0.29) is 0 Å². The molecule has 0 aliphatic rings. The number of rotatable bonds is 6. The fraction of sp³-hybridized carbons (Fsp3) is 0.267. The Labute approximate surface area is 116 Å². The summed E-state index contributed by atoms with van der Waals surface area (Å²) < 4.78 is 0. The molecule has 1 unspecified atom stereocenters. The molecule has 0 fully saturated rings. The van der Waals surface area contributed by atoms with Crippen LogP contribution in [-0.2, 0) is 13.0 Å². The van der Waals surface area contributed by atoms with Gasteiger partial charge in [-0.25, -0.2) is 4.79 Å². The smallest absolute Gasteiger partial charge is 0.336 e. The summed E-state index contributed by atoms with van der Waals surface area (Å²) in [5.41, 5.74) is 2.52. The minimum atomic E-state index is -0.872. The van der Waals surface area contributed by atoms with Crippen molar-refractivity contribution in [1.82, 2.24) is 5.32 Å². The van der Waals surface area contributed by atoms with E-state index < -0.39 is 5.97 Å². The first-order valence-electron chi connectivity index (χ1n) is 6.22. The van der Waals surface area contributed by atoms with Crippen LogP contribution in [0.15, 0.2) is 41.1 Å². The molecule has 100 valence electrons. The molecule has 2 N–H and O–H groups in total. The molecule has 3 nitrogen and oxygen atoms in total. The molecular weight excluding hydrogens is 258 g/mol. The molecule has 1 atom stereocenters. The highest BCUT2D eigenvalue weighted by Crippen LogP contribution is 2.11. The highest BCUT2D eigenvalue weighted by molar-refractivity contribution is 7.07. The highest BCUT2D eigenvalue weighted by atomic mass is 32.1. The van der Waals surface area contributed by atoms with Gasteiger partial charge < -0.3 is 10.4 Å². The van der Waals surface area contributed by atoms with Gasteiger partial charge in [0.2, 0.25) is 0 Å². The number of carboxylic acids is 1. The second-order valence-corrected chi connectivity index (χ2v) is 5.36. The van der Waals surface area contributed by atoms with E-state index in [1.54, 1.807) is 23.5 Å². The lowest BCUT2D eigenvalue weighted by molar-refractivity contribution is 0.0695. The molecule has 2 aromatic rings. The lowest BCUT2D eigenvalue weighted by atomic mass is 10.1. The van der Waals surface area contributed by atoms with Crippen molar-refractivity contribution in [2.45, 2.75) is 25.9 Å². The molecule has 0 bridgehead atoms. The molecule has 19 heavy (non-hydrogen) atoms. The van der Waals surface area contributed by atoms with Crippen LogP contribution in [0.3, 0.4) is 0 Å². The third-order valence-electron chi connectivity index (χ3n) is 3.01. The number of hydrogen-bond donors (Lipinski definition) is 2. The molecule has 1 aromatic carbocycles. The number of aromatic carboxylic acids is 1. The predicted octanol–water partition coefficient (Wildman–Crippen LogP) is 3.17. The van der Waals surface area contributed by atoms with Gasteiger partial charge in [0.1, 0.15) is 0 Å². The molecule has 0 saturated carbocycles. The molecule has 1 heterocycles. The minimum absolute atomic E-state index is 0.316. The third-order valence-corrected chi connectivity index (χ3v) is 3.74. The SMILES string of the molecule is CC(Cc1ccsc1)NCc1ccccc1C(=O)O. The van der Waals surface area contributed by atoms with Crippen molar-refractivity contribution in [3.05, 3.63) is 57.8 Å². The van der Waals surface area contributed by atoms with Crippen molar-refractivity contribution in [1.29, 1.82) is 0 Å². The Morgan fingerprint density at radius 3 is 2.84 bits per heavy atom. The highest BCUT2D eigenvalue weighted by Gasteiger charge is 2.10. The van der Waals surface area contributed by atoms with E-state index in [0.29, 0.717) is 18.2 Å². The van der Waals surface area contributed by atoms with Crippen molar-refractivity contribution in [2.24, 2.45) is 0 Å². The summed E-state index contributed by atoms with van der Waals surface area (Å²) in [7, 11) is 0. The molecule has 2 rings (SSSR count). The van der Waals surface area contributed by atoms with E-state index in [4.69, 9.17) is 5.11 Å². The zero-order valence-corrected chi connectivity index (χ0v) is 11.6. The van der Waals surface area contributed by atoms with E-state index in [0.717, 1.165) is 12.0 Å². The number of carboxylic acid groups (broad SMARTS) is 1. The maximum Gasteiger partial charge on any atom is 0.336 e. The lowest BCUT2D eigenvalue weighted by Gasteiger charge is -2.14. The quantitative estimate of drug-likeness (QED) is 0.851. The minimum Gasteiger partial charge on any atom is -0.478 e. The van der Waals surface area contributed by atoms with Gasteiger partial charge in [0.25, 0.3) is 0 Å². The standard InChI is InChI=1S/C15H17NO2S/c1-11(8-12-6-7-19-10-12)16-9-13-4-2-3-5-14(13)15(17)18/h2-7,10-11,16H,8-9H2,1H3,(H,17,18). The average molecular weight is 275 g/mol. The van der Waals surface area contributed by atoms with Crippen molar-refractivity contribution in [3.63, 3.8) is 0 Å². The first-order chi connectivity index (χ1) is 9.16. The summed E-state index contributed by atoms with van der Waals surface area (Å²) in [5.74, 6) is -0.872. The van der Waals surface area contributed by atoms with Gasteiger partial charge in [-0.1, -0.05) is 18.2 Å². The Kier molecular flexibility index (Phi) is 4.71. The van der Waals surface area contributed by atoms with Gasteiger partial charge in [0, 0.05) is 12.6 Å². The topological polar surface area (TPSA) is 49.3 Å². The van der Waals surface area contributed by atoms with Gasteiger partial charge in [-0.15, -0.1) is 0 Å². The summed E-state index contributed by atoms with van der Waals surface area (Å²) >= 11 is 1.70. The number of carbonyl (C=O) groups is 1. The summed E-state index contributed by atoms with van der Waals surface area (Å²) in [4.78, 5) is 11.1. The summed E-state index contributed by atoms with van der Waals surface area (Å²) in [5, 5.41) is 16.7. The number of benzene rings is 1. The number of hydrogen-bond acceptors (Lipinski definition) is 3. The number of thiophene rings is 1. The van der Waals surface area contributed by atoms with Crippen LogP contribution < -0.4 is 5.32 Å². The zero-order chi connectivity index (χ0) is 13.7. The van der Waals surface area contributed by atoms with Gasteiger partial charge in [0.05, 0.1) is 5.56 Å². The van der Waals surface area contributed by atoms with Gasteiger partial charge in [-0.3, -0.25) is 0 Å². The molecular formula is C15H17NO2S. The van der Waals surface area contributed by atoms with Gasteiger partial charge in [-0.05, 0) is 47.4 Å². The fourth-order valence-electron chi connectivity index (χ4n) is 2.00. The van der Waals surface area contributed by atoms with Crippen LogP contribution in [0.2, 0.25) is 0 Å². The Morgan fingerprint density at radius 2 is 2.16 bits per heavy atom. The molecule has 0 radical (unpaired) electrons. The van der Waals surface area contributed by atoms with Crippen LogP contribution in [0, 0.1) is 0 Å². The van der Waals surface area contributed by atoms with Gasteiger partial charge in [0.15, 0.2) is 0 Å². The summed E-state index contributed by atoms with van der Waals surface area (Å²) in [6.07, 6.45) is 0.957. The molecule has 0 aliphatic carbocycles. The van der Waals surface area contributed by atoms with Crippen LogP contribution in [0.25, 0.3) is 0 Å². The monoisotopic (exact) mass is 275 g/mol. The van der Waals surface area contributed by atoms with E-state index in [1.807, 2.05) is 12.1 Å². The maximum absolute atomic E-state index is 11.1. The predicted molar refractivity (Wildman–Crippen MR) is 77.7 cm³/mol. The van der Waals surface area contributed by atoms with Crippen molar-refractivity contribution < 1.29 is 9.90 Å². The van der Waals surface area contributed by atoms with Crippen molar-refractivity contribution >= 4 is 17.3 Å². The van der Waals surface area contributed by atoms with Gasteiger partial charge in [-0.2, -0.15) is 11.3 Å². The molecule has 0 spiro atoms. The molecule has 0 aliphatic heterocycles. The first-order valence-corrected chi connectivity index (χ1v) is 7.16.